The molecule has 70 valence electrons. The van der Waals surface area contributed by atoms with E-state index in [-0.39, 0.29) is 11.3 Å². The minimum Gasteiger partial charge on any atom is -0.507 e. The van der Waals surface area contributed by atoms with E-state index in [2.05, 4.69) is 0 Å². The molecule has 0 bridgehead atoms. The van der Waals surface area contributed by atoms with E-state index in [1.165, 1.54) is 18.2 Å². The molecule has 0 amide bonds. The Morgan fingerprint density at radius 2 is 1.86 bits per heavy atom. The van der Waals surface area contributed by atoms with Gasteiger partial charge in [-0.05, 0) is 34.7 Å². The second kappa shape index (κ2) is 3.20. The van der Waals surface area contributed by atoms with E-state index >= 15 is 0 Å². The standard InChI is InChI=1S/C10H5IO3/c11-7-4-6-5(9(13)10(7)14)2-1-3-8(6)12/h1-4,12H. The molecule has 0 aromatic heterocycles. The first-order valence-corrected chi connectivity index (χ1v) is 4.97. The molecule has 1 N–H and O–H groups in total. The van der Waals surface area contributed by atoms with Gasteiger partial charge in [0.05, 0.1) is 3.58 Å². The van der Waals surface area contributed by atoms with Crippen LogP contribution in [0.5, 0.6) is 5.75 Å². The van der Waals surface area contributed by atoms with E-state index in [1.54, 1.807) is 28.7 Å². The van der Waals surface area contributed by atoms with Crippen LogP contribution in [0.25, 0.3) is 6.08 Å². The maximum absolute atomic E-state index is 11.5. The molecular formula is C10H5IO3. The van der Waals surface area contributed by atoms with Crippen LogP contribution >= 0.6 is 22.6 Å². The normalized spacial score (nSPS) is 15.1. The fourth-order valence-electron chi connectivity index (χ4n) is 1.33. The molecule has 1 aromatic carbocycles. The number of rotatable bonds is 0. The smallest absolute Gasteiger partial charge is 0.239 e. The summed E-state index contributed by atoms with van der Waals surface area (Å²) in [6, 6.07) is 4.57. The van der Waals surface area contributed by atoms with Crippen molar-refractivity contribution in [3.05, 3.63) is 32.9 Å². The summed E-state index contributed by atoms with van der Waals surface area (Å²) in [6.45, 7) is 0. The number of carbonyl (C=O) groups excluding carboxylic acids is 2. The molecule has 0 fully saturated rings. The molecule has 1 aliphatic carbocycles. The van der Waals surface area contributed by atoms with Crippen molar-refractivity contribution in [2.24, 2.45) is 0 Å². The topological polar surface area (TPSA) is 54.4 Å². The predicted molar refractivity (Wildman–Crippen MR) is 59.4 cm³/mol. The Balaban J connectivity index is 2.76. The molecule has 0 spiro atoms. The Bertz CT molecular complexity index is 474. The molecule has 2 rings (SSSR count). The highest BCUT2D eigenvalue weighted by atomic mass is 127. The van der Waals surface area contributed by atoms with E-state index in [4.69, 9.17) is 0 Å². The lowest BCUT2D eigenvalue weighted by molar-refractivity contribution is -0.111. The number of fused-ring (bicyclic) bond motifs is 1. The largest absolute Gasteiger partial charge is 0.507 e. The van der Waals surface area contributed by atoms with Crippen molar-refractivity contribution in [1.82, 2.24) is 0 Å². The van der Waals surface area contributed by atoms with Gasteiger partial charge in [-0.15, -0.1) is 0 Å². The Hall–Kier alpha value is -1.17. The third-order valence-electron chi connectivity index (χ3n) is 2.02. The fraction of sp³-hybridized carbons (Fsp3) is 0. The molecule has 0 saturated heterocycles. The molecule has 0 atom stereocenters. The first-order chi connectivity index (χ1) is 6.61. The summed E-state index contributed by atoms with van der Waals surface area (Å²) in [4.78, 5) is 22.8. The zero-order valence-electron chi connectivity index (χ0n) is 6.95. The third-order valence-corrected chi connectivity index (χ3v) is 2.82. The number of halogens is 1. The Morgan fingerprint density at radius 3 is 2.57 bits per heavy atom. The van der Waals surface area contributed by atoms with Crippen LogP contribution in [0.15, 0.2) is 21.8 Å². The summed E-state index contributed by atoms with van der Waals surface area (Å²) in [5.41, 5.74) is 0.705. The number of phenolic OH excluding ortho intramolecular Hbond substituents is 1. The molecule has 0 heterocycles. The van der Waals surface area contributed by atoms with Crippen LogP contribution in [0.3, 0.4) is 0 Å². The SMILES string of the molecule is O=C1C(=O)c2cccc(O)c2C=C1I. The third kappa shape index (κ3) is 1.26. The number of aromatic hydroxyl groups is 1. The van der Waals surface area contributed by atoms with E-state index in [1.807, 2.05) is 0 Å². The van der Waals surface area contributed by atoms with Crippen molar-refractivity contribution in [2.75, 3.05) is 0 Å². The van der Waals surface area contributed by atoms with Gasteiger partial charge in [0.15, 0.2) is 0 Å². The van der Waals surface area contributed by atoms with Crippen LogP contribution < -0.4 is 0 Å². The average Bonchev–Trinajstić information content (AvgIpc) is 2.17. The van der Waals surface area contributed by atoms with Crippen LogP contribution in [0.2, 0.25) is 0 Å². The van der Waals surface area contributed by atoms with E-state index in [0.717, 1.165) is 0 Å². The number of hydrogen-bond acceptors (Lipinski definition) is 3. The van der Waals surface area contributed by atoms with Gasteiger partial charge in [-0.2, -0.15) is 0 Å². The van der Waals surface area contributed by atoms with Crippen molar-refractivity contribution in [3.8, 4) is 5.75 Å². The van der Waals surface area contributed by atoms with E-state index in [0.29, 0.717) is 9.14 Å². The molecule has 14 heavy (non-hydrogen) atoms. The van der Waals surface area contributed by atoms with Gasteiger partial charge in [-0.3, -0.25) is 9.59 Å². The molecule has 0 saturated carbocycles. The van der Waals surface area contributed by atoms with E-state index in [9.17, 15) is 14.7 Å². The highest BCUT2D eigenvalue weighted by Crippen LogP contribution is 2.30. The average molecular weight is 300 g/mol. The Morgan fingerprint density at radius 1 is 1.14 bits per heavy atom. The molecule has 1 aromatic rings. The van der Waals surface area contributed by atoms with Gasteiger partial charge in [-0.25, -0.2) is 0 Å². The quantitative estimate of drug-likeness (QED) is 0.588. The van der Waals surface area contributed by atoms with Crippen molar-refractivity contribution >= 4 is 40.2 Å². The lowest BCUT2D eigenvalue weighted by Gasteiger charge is -2.11. The van der Waals surface area contributed by atoms with Crippen molar-refractivity contribution < 1.29 is 14.7 Å². The maximum Gasteiger partial charge on any atom is 0.239 e. The molecule has 1 aliphatic rings. The number of phenols is 1. The van der Waals surface area contributed by atoms with Crippen LogP contribution in [0, 0.1) is 0 Å². The summed E-state index contributed by atoms with van der Waals surface area (Å²) in [5, 5.41) is 9.47. The van der Waals surface area contributed by atoms with Gasteiger partial charge >= 0.3 is 0 Å². The highest BCUT2D eigenvalue weighted by Gasteiger charge is 2.27. The number of Topliss-reactive ketones (excluding diaryl/α,β-unsaturated/α-hetero) is 2. The lowest BCUT2D eigenvalue weighted by atomic mass is 9.95. The van der Waals surface area contributed by atoms with Gasteiger partial charge in [0, 0.05) is 11.1 Å². The summed E-state index contributed by atoms with van der Waals surface area (Å²) in [6.07, 6.45) is 1.52. The zero-order valence-corrected chi connectivity index (χ0v) is 9.11. The molecule has 0 aliphatic heterocycles. The fourth-order valence-corrected chi connectivity index (χ4v) is 1.88. The van der Waals surface area contributed by atoms with Crippen molar-refractivity contribution in [3.63, 3.8) is 0 Å². The number of allylic oxidation sites excluding steroid dienone is 1. The first-order valence-electron chi connectivity index (χ1n) is 3.89. The van der Waals surface area contributed by atoms with Gasteiger partial charge in [0.1, 0.15) is 5.75 Å². The van der Waals surface area contributed by atoms with Gasteiger partial charge < -0.3 is 5.11 Å². The Kier molecular flexibility index (Phi) is 2.14. The second-order valence-corrected chi connectivity index (χ2v) is 4.05. The number of ketones is 2. The minimum absolute atomic E-state index is 0.0255. The summed E-state index contributed by atoms with van der Waals surface area (Å²) >= 11 is 1.79. The molecule has 3 nitrogen and oxygen atoms in total. The molecule has 0 radical (unpaired) electrons. The van der Waals surface area contributed by atoms with Gasteiger partial charge in [0.25, 0.3) is 0 Å². The van der Waals surface area contributed by atoms with Crippen LogP contribution in [0.4, 0.5) is 0 Å². The van der Waals surface area contributed by atoms with Crippen LogP contribution in [0.1, 0.15) is 15.9 Å². The van der Waals surface area contributed by atoms with Crippen LogP contribution in [-0.2, 0) is 4.79 Å². The molecular weight excluding hydrogens is 295 g/mol. The zero-order chi connectivity index (χ0) is 10.3. The number of benzene rings is 1. The molecule has 4 heteroatoms. The van der Waals surface area contributed by atoms with Crippen molar-refractivity contribution in [2.45, 2.75) is 0 Å². The number of hydrogen-bond donors (Lipinski definition) is 1. The summed E-state index contributed by atoms with van der Waals surface area (Å²) in [7, 11) is 0. The monoisotopic (exact) mass is 300 g/mol. The highest BCUT2D eigenvalue weighted by molar-refractivity contribution is 14.1. The maximum atomic E-state index is 11.5. The summed E-state index contributed by atoms with van der Waals surface area (Å²) in [5.74, 6) is -1.04. The first kappa shape index (κ1) is 9.39. The lowest BCUT2D eigenvalue weighted by Crippen LogP contribution is -2.18. The number of carbonyl (C=O) groups is 2. The van der Waals surface area contributed by atoms with Crippen LogP contribution in [-0.4, -0.2) is 16.7 Å². The summed E-state index contributed by atoms with van der Waals surface area (Å²) < 4.78 is 0.335. The second-order valence-electron chi connectivity index (χ2n) is 2.89. The van der Waals surface area contributed by atoms with E-state index < -0.39 is 11.6 Å². The predicted octanol–water partition coefficient (Wildman–Crippen LogP) is 1.93. The van der Waals surface area contributed by atoms with Gasteiger partial charge in [-0.1, -0.05) is 12.1 Å². The molecule has 0 unspecified atom stereocenters. The minimum atomic E-state index is -0.553. The Labute approximate surface area is 93.6 Å². The van der Waals surface area contributed by atoms with Crippen molar-refractivity contribution in [1.29, 1.82) is 0 Å². The van der Waals surface area contributed by atoms with Gasteiger partial charge in [0.2, 0.25) is 11.6 Å².